The third-order valence-corrected chi connectivity index (χ3v) is 3.27. The largest absolute Gasteiger partial charge is 0.396 e. The lowest BCUT2D eigenvalue weighted by atomic mass is 9.94. The SMILES string of the molecule is Nc1cnc(N(CCO)C2CCCCC2)nc1. The molecular weight excluding hydrogens is 216 g/mol. The molecule has 5 nitrogen and oxygen atoms in total. The fourth-order valence-electron chi connectivity index (χ4n) is 2.43. The Morgan fingerprint density at radius 3 is 2.47 bits per heavy atom. The van der Waals surface area contributed by atoms with Crippen molar-refractivity contribution in [1.29, 1.82) is 0 Å². The molecule has 0 aromatic carbocycles. The van der Waals surface area contributed by atoms with Crippen molar-refractivity contribution in [2.45, 2.75) is 38.1 Å². The van der Waals surface area contributed by atoms with Gasteiger partial charge in [0.25, 0.3) is 0 Å². The fraction of sp³-hybridized carbons (Fsp3) is 0.667. The van der Waals surface area contributed by atoms with Crippen LogP contribution in [0, 0.1) is 0 Å². The van der Waals surface area contributed by atoms with E-state index in [2.05, 4.69) is 14.9 Å². The first-order chi connectivity index (χ1) is 8.31. The van der Waals surface area contributed by atoms with Gasteiger partial charge >= 0.3 is 0 Å². The van der Waals surface area contributed by atoms with E-state index in [0.717, 1.165) is 12.8 Å². The van der Waals surface area contributed by atoms with Crippen LogP contribution < -0.4 is 10.6 Å². The molecule has 1 aromatic heterocycles. The minimum absolute atomic E-state index is 0.129. The van der Waals surface area contributed by atoms with Gasteiger partial charge in [0.1, 0.15) is 0 Å². The first-order valence-electron chi connectivity index (χ1n) is 6.26. The zero-order valence-electron chi connectivity index (χ0n) is 10.0. The molecule has 0 radical (unpaired) electrons. The van der Waals surface area contributed by atoms with Gasteiger partial charge in [-0.05, 0) is 12.8 Å². The molecule has 0 atom stereocenters. The van der Waals surface area contributed by atoms with Gasteiger partial charge in [-0.2, -0.15) is 0 Å². The third kappa shape index (κ3) is 3.06. The summed E-state index contributed by atoms with van der Waals surface area (Å²) in [4.78, 5) is 10.6. The van der Waals surface area contributed by atoms with Crippen molar-refractivity contribution < 1.29 is 5.11 Å². The van der Waals surface area contributed by atoms with Crippen LogP contribution in [0.15, 0.2) is 12.4 Å². The van der Waals surface area contributed by atoms with E-state index in [-0.39, 0.29) is 6.61 Å². The van der Waals surface area contributed by atoms with Crippen molar-refractivity contribution in [3.63, 3.8) is 0 Å². The van der Waals surface area contributed by atoms with Gasteiger partial charge in [-0.25, -0.2) is 9.97 Å². The van der Waals surface area contributed by atoms with E-state index in [1.165, 1.54) is 19.3 Å². The molecule has 0 spiro atoms. The van der Waals surface area contributed by atoms with Crippen molar-refractivity contribution >= 4 is 11.6 Å². The Labute approximate surface area is 102 Å². The van der Waals surface area contributed by atoms with E-state index in [0.29, 0.717) is 24.2 Å². The van der Waals surface area contributed by atoms with Crippen LogP contribution >= 0.6 is 0 Å². The molecule has 0 aliphatic heterocycles. The van der Waals surface area contributed by atoms with Gasteiger partial charge in [-0.15, -0.1) is 0 Å². The number of hydrogen-bond donors (Lipinski definition) is 2. The first kappa shape index (κ1) is 12.1. The Balaban J connectivity index is 2.12. The van der Waals surface area contributed by atoms with E-state index in [9.17, 15) is 0 Å². The molecule has 2 rings (SSSR count). The van der Waals surface area contributed by atoms with Gasteiger partial charge < -0.3 is 15.7 Å². The van der Waals surface area contributed by atoms with Crippen LogP contribution in [0.3, 0.4) is 0 Å². The second-order valence-electron chi connectivity index (χ2n) is 4.53. The molecule has 0 saturated heterocycles. The Morgan fingerprint density at radius 1 is 1.24 bits per heavy atom. The number of nitrogen functional groups attached to an aromatic ring is 1. The maximum atomic E-state index is 9.16. The molecule has 0 bridgehead atoms. The number of aliphatic hydroxyl groups is 1. The highest BCUT2D eigenvalue weighted by molar-refractivity contribution is 5.38. The molecule has 5 heteroatoms. The van der Waals surface area contributed by atoms with Crippen LogP contribution in [0.1, 0.15) is 32.1 Å². The second-order valence-corrected chi connectivity index (χ2v) is 4.53. The molecule has 0 amide bonds. The maximum absolute atomic E-state index is 9.16. The summed E-state index contributed by atoms with van der Waals surface area (Å²) < 4.78 is 0. The van der Waals surface area contributed by atoms with Crippen molar-refractivity contribution in [2.24, 2.45) is 0 Å². The Kier molecular flexibility index (Phi) is 4.14. The van der Waals surface area contributed by atoms with Gasteiger partial charge in [-0.1, -0.05) is 19.3 Å². The van der Waals surface area contributed by atoms with Crippen LogP contribution in [-0.4, -0.2) is 34.3 Å². The minimum Gasteiger partial charge on any atom is -0.396 e. The summed E-state index contributed by atoms with van der Waals surface area (Å²) in [5.41, 5.74) is 6.16. The summed E-state index contributed by atoms with van der Waals surface area (Å²) in [6, 6.07) is 0.458. The van der Waals surface area contributed by atoms with E-state index < -0.39 is 0 Å². The molecule has 94 valence electrons. The molecule has 3 N–H and O–H groups in total. The van der Waals surface area contributed by atoms with Crippen LogP contribution in [0.25, 0.3) is 0 Å². The Bertz CT molecular complexity index is 335. The molecule has 1 fully saturated rings. The second kappa shape index (κ2) is 5.82. The number of rotatable bonds is 4. The van der Waals surface area contributed by atoms with Gasteiger partial charge in [0.05, 0.1) is 24.7 Å². The number of nitrogens with two attached hydrogens (primary N) is 1. The van der Waals surface area contributed by atoms with E-state index >= 15 is 0 Å². The summed E-state index contributed by atoms with van der Waals surface area (Å²) in [6.07, 6.45) is 9.38. The van der Waals surface area contributed by atoms with Crippen LogP contribution in [-0.2, 0) is 0 Å². The molecule has 1 heterocycles. The lowest BCUT2D eigenvalue weighted by Gasteiger charge is -2.33. The van der Waals surface area contributed by atoms with Crippen LogP contribution in [0.5, 0.6) is 0 Å². The zero-order chi connectivity index (χ0) is 12.1. The van der Waals surface area contributed by atoms with E-state index in [4.69, 9.17) is 10.8 Å². The Morgan fingerprint density at radius 2 is 1.88 bits per heavy atom. The molecular formula is C12H20N4O. The summed E-state index contributed by atoms with van der Waals surface area (Å²) >= 11 is 0. The average molecular weight is 236 g/mol. The lowest BCUT2D eigenvalue weighted by Crippen LogP contribution is -2.40. The van der Waals surface area contributed by atoms with Crippen molar-refractivity contribution in [3.05, 3.63) is 12.4 Å². The molecule has 1 aliphatic rings. The van der Waals surface area contributed by atoms with Crippen LogP contribution in [0.4, 0.5) is 11.6 Å². The molecule has 0 unspecified atom stereocenters. The molecule has 1 saturated carbocycles. The van der Waals surface area contributed by atoms with Gasteiger partial charge in [0, 0.05) is 12.6 Å². The number of aromatic nitrogens is 2. The van der Waals surface area contributed by atoms with Gasteiger partial charge in [0.2, 0.25) is 5.95 Å². The fourth-order valence-corrected chi connectivity index (χ4v) is 2.43. The summed E-state index contributed by atoms with van der Waals surface area (Å²) in [5, 5.41) is 9.16. The van der Waals surface area contributed by atoms with Gasteiger partial charge in [-0.3, -0.25) is 0 Å². The van der Waals surface area contributed by atoms with E-state index in [1.807, 2.05) is 0 Å². The zero-order valence-corrected chi connectivity index (χ0v) is 10.0. The standard InChI is InChI=1S/C12H20N4O/c13-10-8-14-12(15-9-10)16(6-7-17)11-4-2-1-3-5-11/h8-9,11,17H,1-7,13H2. The molecule has 1 aromatic rings. The highest BCUT2D eigenvalue weighted by atomic mass is 16.3. The quantitative estimate of drug-likeness (QED) is 0.821. The lowest BCUT2D eigenvalue weighted by molar-refractivity contribution is 0.288. The first-order valence-corrected chi connectivity index (χ1v) is 6.26. The molecule has 1 aliphatic carbocycles. The highest BCUT2D eigenvalue weighted by Gasteiger charge is 2.22. The minimum atomic E-state index is 0.129. The number of aliphatic hydroxyl groups excluding tert-OH is 1. The van der Waals surface area contributed by atoms with E-state index in [1.54, 1.807) is 12.4 Å². The van der Waals surface area contributed by atoms with Crippen LogP contribution in [0.2, 0.25) is 0 Å². The average Bonchev–Trinajstić information content (AvgIpc) is 2.38. The predicted octanol–water partition coefficient (Wildman–Crippen LogP) is 1.19. The third-order valence-electron chi connectivity index (χ3n) is 3.27. The number of hydrogen-bond acceptors (Lipinski definition) is 5. The van der Waals surface area contributed by atoms with Crippen molar-refractivity contribution in [3.8, 4) is 0 Å². The topological polar surface area (TPSA) is 75.3 Å². The summed E-state index contributed by atoms with van der Waals surface area (Å²) in [5.74, 6) is 0.681. The predicted molar refractivity (Wildman–Crippen MR) is 67.7 cm³/mol. The summed E-state index contributed by atoms with van der Waals surface area (Å²) in [6.45, 7) is 0.721. The maximum Gasteiger partial charge on any atom is 0.225 e. The Hall–Kier alpha value is -1.36. The summed E-state index contributed by atoms with van der Waals surface area (Å²) in [7, 11) is 0. The van der Waals surface area contributed by atoms with Crippen molar-refractivity contribution in [1.82, 2.24) is 9.97 Å². The van der Waals surface area contributed by atoms with Gasteiger partial charge in [0.15, 0.2) is 0 Å². The number of nitrogens with zero attached hydrogens (tertiary/aromatic N) is 3. The monoisotopic (exact) mass is 236 g/mol. The number of anilines is 2. The van der Waals surface area contributed by atoms with Crippen molar-refractivity contribution in [2.75, 3.05) is 23.8 Å². The normalized spacial score (nSPS) is 17.0. The highest BCUT2D eigenvalue weighted by Crippen LogP contribution is 2.25. The smallest absolute Gasteiger partial charge is 0.225 e. The molecule has 17 heavy (non-hydrogen) atoms.